The number of hydrogen-bond acceptors (Lipinski definition) is 3. The molecule has 1 aromatic heterocycles. The monoisotopic (exact) mass is 271 g/mol. The SMILES string of the molecule is CC(C#N)C(Nc1ccc(Cl)cc1)c1ccncc1. The predicted octanol–water partition coefficient (Wildman–Crippen LogP) is 4.05. The Balaban J connectivity index is 2.25. The van der Waals surface area contributed by atoms with E-state index in [1.807, 2.05) is 43.3 Å². The first-order chi connectivity index (χ1) is 9.20. The summed E-state index contributed by atoms with van der Waals surface area (Å²) >= 11 is 5.87. The molecule has 0 aliphatic rings. The average Bonchev–Trinajstić information content (AvgIpc) is 2.47. The van der Waals surface area contributed by atoms with Crippen LogP contribution in [-0.2, 0) is 0 Å². The quantitative estimate of drug-likeness (QED) is 0.913. The van der Waals surface area contributed by atoms with Crippen LogP contribution in [0.2, 0.25) is 5.02 Å². The standard InChI is InChI=1S/C15H14ClN3/c1-11(10-17)15(12-6-8-18-9-7-12)19-14-4-2-13(16)3-5-14/h2-9,11,15,19H,1H3. The predicted molar refractivity (Wildman–Crippen MR) is 76.8 cm³/mol. The third kappa shape index (κ3) is 3.46. The largest absolute Gasteiger partial charge is 0.377 e. The van der Waals surface area contributed by atoms with Gasteiger partial charge in [0.1, 0.15) is 0 Å². The van der Waals surface area contributed by atoms with Gasteiger partial charge in [-0.15, -0.1) is 0 Å². The molecule has 3 nitrogen and oxygen atoms in total. The molecule has 0 radical (unpaired) electrons. The van der Waals surface area contributed by atoms with E-state index in [2.05, 4.69) is 16.4 Å². The molecular weight excluding hydrogens is 258 g/mol. The lowest BCUT2D eigenvalue weighted by molar-refractivity contribution is 0.616. The number of halogens is 1. The summed E-state index contributed by atoms with van der Waals surface area (Å²) in [5.41, 5.74) is 1.98. The summed E-state index contributed by atoms with van der Waals surface area (Å²) in [6.45, 7) is 1.90. The van der Waals surface area contributed by atoms with Gasteiger partial charge in [0.25, 0.3) is 0 Å². The minimum atomic E-state index is -0.155. The smallest absolute Gasteiger partial charge is 0.0678 e. The first-order valence-corrected chi connectivity index (χ1v) is 6.40. The minimum Gasteiger partial charge on any atom is -0.377 e. The van der Waals surface area contributed by atoms with Gasteiger partial charge in [0.2, 0.25) is 0 Å². The Morgan fingerprint density at radius 1 is 1.16 bits per heavy atom. The molecule has 0 fully saturated rings. The number of nitrogens with one attached hydrogen (secondary N) is 1. The van der Waals surface area contributed by atoms with Crippen LogP contribution in [0.15, 0.2) is 48.8 Å². The maximum atomic E-state index is 9.16. The van der Waals surface area contributed by atoms with E-state index >= 15 is 0 Å². The first-order valence-electron chi connectivity index (χ1n) is 6.02. The second-order valence-corrected chi connectivity index (χ2v) is 4.76. The molecule has 2 rings (SSSR count). The highest BCUT2D eigenvalue weighted by Gasteiger charge is 2.18. The molecule has 2 aromatic rings. The summed E-state index contributed by atoms with van der Waals surface area (Å²) in [6, 6.07) is 13.5. The highest BCUT2D eigenvalue weighted by Crippen LogP contribution is 2.26. The van der Waals surface area contributed by atoms with Crippen LogP contribution in [0, 0.1) is 17.2 Å². The van der Waals surface area contributed by atoms with Crippen molar-refractivity contribution in [1.82, 2.24) is 4.98 Å². The summed E-state index contributed by atoms with van der Waals surface area (Å²) in [6.07, 6.45) is 3.46. The van der Waals surface area contributed by atoms with Crippen molar-refractivity contribution in [2.75, 3.05) is 5.32 Å². The molecule has 2 unspecified atom stereocenters. The van der Waals surface area contributed by atoms with Crippen LogP contribution < -0.4 is 5.32 Å². The number of aromatic nitrogens is 1. The minimum absolute atomic E-state index is 0.0748. The average molecular weight is 272 g/mol. The van der Waals surface area contributed by atoms with Crippen molar-refractivity contribution in [1.29, 1.82) is 5.26 Å². The normalized spacial score (nSPS) is 13.3. The van der Waals surface area contributed by atoms with Crippen LogP contribution in [-0.4, -0.2) is 4.98 Å². The Morgan fingerprint density at radius 2 is 1.79 bits per heavy atom. The summed E-state index contributed by atoms with van der Waals surface area (Å²) < 4.78 is 0. The molecule has 96 valence electrons. The highest BCUT2D eigenvalue weighted by molar-refractivity contribution is 6.30. The summed E-state index contributed by atoms with van der Waals surface area (Å²) in [5, 5.41) is 13.2. The molecule has 0 amide bonds. The third-order valence-corrected chi connectivity index (χ3v) is 3.19. The van der Waals surface area contributed by atoms with Crippen molar-refractivity contribution in [2.45, 2.75) is 13.0 Å². The fraction of sp³-hybridized carbons (Fsp3) is 0.200. The lowest BCUT2D eigenvalue weighted by Gasteiger charge is -2.22. The molecule has 0 saturated carbocycles. The van der Waals surface area contributed by atoms with Crippen LogP contribution in [0.25, 0.3) is 0 Å². The number of pyridine rings is 1. The van der Waals surface area contributed by atoms with Crippen molar-refractivity contribution in [3.05, 3.63) is 59.4 Å². The zero-order chi connectivity index (χ0) is 13.7. The van der Waals surface area contributed by atoms with Crippen molar-refractivity contribution >= 4 is 17.3 Å². The molecule has 1 heterocycles. The molecule has 0 spiro atoms. The van der Waals surface area contributed by atoms with Gasteiger partial charge in [-0.3, -0.25) is 4.98 Å². The van der Waals surface area contributed by atoms with Gasteiger partial charge in [-0.2, -0.15) is 5.26 Å². The van der Waals surface area contributed by atoms with Gasteiger partial charge < -0.3 is 5.32 Å². The Labute approximate surface area is 117 Å². The maximum absolute atomic E-state index is 9.16. The molecule has 19 heavy (non-hydrogen) atoms. The van der Waals surface area contributed by atoms with E-state index in [1.54, 1.807) is 12.4 Å². The van der Waals surface area contributed by atoms with Crippen LogP contribution in [0.3, 0.4) is 0 Å². The van der Waals surface area contributed by atoms with Gasteiger partial charge in [0.05, 0.1) is 18.0 Å². The maximum Gasteiger partial charge on any atom is 0.0678 e. The Morgan fingerprint density at radius 3 is 2.37 bits per heavy atom. The van der Waals surface area contributed by atoms with Gasteiger partial charge in [0, 0.05) is 23.1 Å². The fourth-order valence-corrected chi connectivity index (χ4v) is 1.99. The number of hydrogen-bond donors (Lipinski definition) is 1. The first kappa shape index (κ1) is 13.4. The molecule has 0 aliphatic heterocycles. The molecule has 1 aromatic carbocycles. The topological polar surface area (TPSA) is 48.7 Å². The van der Waals surface area contributed by atoms with Crippen molar-refractivity contribution in [2.24, 2.45) is 5.92 Å². The summed E-state index contributed by atoms with van der Waals surface area (Å²) in [5.74, 6) is -0.155. The number of anilines is 1. The number of rotatable bonds is 4. The third-order valence-electron chi connectivity index (χ3n) is 2.94. The summed E-state index contributed by atoms with van der Waals surface area (Å²) in [4.78, 5) is 4.00. The van der Waals surface area contributed by atoms with Gasteiger partial charge in [0.15, 0.2) is 0 Å². The zero-order valence-corrected chi connectivity index (χ0v) is 11.3. The lowest BCUT2D eigenvalue weighted by atomic mass is 9.96. The van der Waals surface area contributed by atoms with Gasteiger partial charge in [-0.25, -0.2) is 0 Å². The molecule has 1 N–H and O–H groups in total. The fourth-order valence-electron chi connectivity index (χ4n) is 1.87. The van der Waals surface area contributed by atoms with Crippen LogP contribution in [0.1, 0.15) is 18.5 Å². The second kappa shape index (κ2) is 6.21. The van der Waals surface area contributed by atoms with E-state index in [0.717, 1.165) is 11.3 Å². The van der Waals surface area contributed by atoms with Gasteiger partial charge >= 0.3 is 0 Å². The number of nitriles is 1. The van der Waals surface area contributed by atoms with Crippen LogP contribution in [0.4, 0.5) is 5.69 Å². The van der Waals surface area contributed by atoms with Crippen molar-refractivity contribution in [3.63, 3.8) is 0 Å². The molecule has 0 aliphatic carbocycles. The van der Waals surface area contributed by atoms with Gasteiger partial charge in [-0.1, -0.05) is 11.6 Å². The van der Waals surface area contributed by atoms with E-state index < -0.39 is 0 Å². The second-order valence-electron chi connectivity index (χ2n) is 4.33. The molecule has 0 saturated heterocycles. The highest BCUT2D eigenvalue weighted by atomic mass is 35.5. The Kier molecular flexibility index (Phi) is 4.38. The van der Waals surface area contributed by atoms with Crippen molar-refractivity contribution < 1.29 is 0 Å². The van der Waals surface area contributed by atoms with E-state index in [0.29, 0.717) is 5.02 Å². The van der Waals surface area contributed by atoms with Gasteiger partial charge in [-0.05, 0) is 48.9 Å². The van der Waals surface area contributed by atoms with E-state index in [-0.39, 0.29) is 12.0 Å². The van der Waals surface area contributed by atoms with Crippen LogP contribution in [0.5, 0.6) is 0 Å². The molecule has 0 bridgehead atoms. The Bertz CT molecular complexity index is 560. The van der Waals surface area contributed by atoms with E-state index in [4.69, 9.17) is 16.9 Å². The van der Waals surface area contributed by atoms with Crippen LogP contribution >= 0.6 is 11.6 Å². The Hall–Kier alpha value is -2.05. The zero-order valence-electron chi connectivity index (χ0n) is 10.5. The summed E-state index contributed by atoms with van der Waals surface area (Å²) in [7, 11) is 0. The number of nitrogens with zero attached hydrogens (tertiary/aromatic N) is 2. The number of benzene rings is 1. The van der Waals surface area contributed by atoms with Crippen molar-refractivity contribution in [3.8, 4) is 6.07 Å². The van der Waals surface area contributed by atoms with E-state index in [1.165, 1.54) is 0 Å². The molecular formula is C15H14ClN3. The molecule has 4 heteroatoms. The lowest BCUT2D eigenvalue weighted by Crippen LogP contribution is -2.17. The van der Waals surface area contributed by atoms with E-state index in [9.17, 15) is 0 Å². The molecule has 2 atom stereocenters.